The standard InChI is InChI=1S/C18H19BrF2N2/c19-16-5-2-1-4-14(16)18(23-10-3-8-22-9-11-23)15-7-6-13(20)12-17(15)21/h1-2,4-7,12,18,22H,3,8-11H2. The third kappa shape index (κ3) is 3.79. The van der Waals surface area contributed by atoms with Crippen molar-refractivity contribution in [1.82, 2.24) is 10.2 Å². The van der Waals surface area contributed by atoms with Gasteiger partial charge in [-0.3, -0.25) is 4.90 Å². The minimum atomic E-state index is -0.547. The highest BCUT2D eigenvalue weighted by Crippen LogP contribution is 2.35. The topological polar surface area (TPSA) is 15.3 Å². The zero-order valence-electron chi connectivity index (χ0n) is 12.7. The average Bonchev–Trinajstić information content (AvgIpc) is 2.80. The lowest BCUT2D eigenvalue weighted by molar-refractivity contribution is 0.236. The molecule has 0 amide bonds. The smallest absolute Gasteiger partial charge is 0.131 e. The van der Waals surface area contributed by atoms with E-state index < -0.39 is 11.6 Å². The molecule has 1 aliphatic rings. The number of hydrogen-bond donors (Lipinski definition) is 1. The zero-order valence-corrected chi connectivity index (χ0v) is 14.3. The SMILES string of the molecule is Fc1ccc(C(c2ccccc2Br)N2CCCNCC2)c(F)c1. The van der Waals surface area contributed by atoms with E-state index in [1.807, 2.05) is 24.3 Å². The molecular weight excluding hydrogens is 362 g/mol. The van der Waals surface area contributed by atoms with Crippen LogP contribution in [0.3, 0.4) is 0 Å². The minimum Gasteiger partial charge on any atom is -0.315 e. The van der Waals surface area contributed by atoms with Gasteiger partial charge in [-0.2, -0.15) is 0 Å². The highest BCUT2D eigenvalue weighted by Gasteiger charge is 2.27. The maximum Gasteiger partial charge on any atom is 0.131 e. The van der Waals surface area contributed by atoms with Crippen LogP contribution in [0.15, 0.2) is 46.9 Å². The molecule has 1 aliphatic heterocycles. The van der Waals surface area contributed by atoms with Crippen LogP contribution in [-0.4, -0.2) is 31.1 Å². The monoisotopic (exact) mass is 380 g/mol. The third-order valence-corrected chi connectivity index (χ3v) is 4.92. The highest BCUT2D eigenvalue weighted by atomic mass is 79.9. The lowest BCUT2D eigenvalue weighted by Crippen LogP contribution is -2.33. The van der Waals surface area contributed by atoms with Crippen LogP contribution in [0.4, 0.5) is 8.78 Å². The summed E-state index contributed by atoms with van der Waals surface area (Å²) in [6, 6.07) is 11.5. The Morgan fingerprint density at radius 1 is 1.00 bits per heavy atom. The predicted octanol–water partition coefficient (Wildman–Crippen LogP) is 4.11. The Hall–Kier alpha value is -1.30. The lowest BCUT2D eigenvalue weighted by Gasteiger charge is -2.32. The van der Waals surface area contributed by atoms with Crippen LogP contribution >= 0.6 is 15.9 Å². The molecule has 0 radical (unpaired) electrons. The van der Waals surface area contributed by atoms with Gasteiger partial charge in [-0.15, -0.1) is 0 Å². The van der Waals surface area contributed by atoms with E-state index in [9.17, 15) is 8.78 Å². The Labute approximate surface area is 143 Å². The summed E-state index contributed by atoms with van der Waals surface area (Å²) in [5, 5.41) is 3.37. The van der Waals surface area contributed by atoms with Crippen LogP contribution in [0.25, 0.3) is 0 Å². The van der Waals surface area contributed by atoms with Crippen molar-refractivity contribution >= 4 is 15.9 Å². The predicted molar refractivity (Wildman–Crippen MR) is 91.4 cm³/mol. The van der Waals surface area contributed by atoms with Crippen molar-refractivity contribution in [1.29, 1.82) is 0 Å². The number of nitrogens with zero attached hydrogens (tertiary/aromatic N) is 1. The van der Waals surface area contributed by atoms with Crippen molar-refractivity contribution in [3.8, 4) is 0 Å². The summed E-state index contributed by atoms with van der Waals surface area (Å²) < 4.78 is 28.7. The second kappa shape index (κ2) is 7.51. The molecule has 1 unspecified atom stereocenters. The van der Waals surface area contributed by atoms with E-state index in [0.29, 0.717) is 5.56 Å². The summed E-state index contributed by atoms with van der Waals surface area (Å²) in [5.41, 5.74) is 1.51. The second-order valence-electron chi connectivity index (χ2n) is 5.73. The Morgan fingerprint density at radius 2 is 1.83 bits per heavy atom. The molecule has 2 nitrogen and oxygen atoms in total. The van der Waals surface area contributed by atoms with Gasteiger partial charge < -0.3 is 5.32 Å². The minimum absolute atomic E-state index is 0.230. The van der Waals surface area contributed by atoms with Gasteiger partial charge in [0.05, 0.1) is 6.04 Å². The Morgan fingerprint density at radius 3 is 2.61 bits per heavy atom. The van der Waals surface area contributed by atoms with Crippen LogP contribution in [0, 0.1) is 11.6 Å². The molecule has 3 rings (SSSR count). The molecule has 1 heterocycles. The van der Waals surface area contributed by atoms with Gasteiger partial charge >= 0.3 is 0 Å². The van der Waals surface area contributed by atoms with Crippen molar-refractivity contribution in [2.24, 2.45) is 0 Å². The first kappa shape index (κ1) is 16.6. The van der Waals surface area contributed by atoms with Gasteiger partial charge in [-0.25, -0.2) is 8.78 Å². The zero-order chi connectivity index (χ0) is 16.2. The van der Waals surface area contributed by atoms with E-state index in [4.69, 9.17) is 0 Å². The summed E-state index contributed by atoms with van der Waals surface area (Å²) >= 11 is 3.58. The normalized spacial score (nSPS) is 17.7. The highest BCUT2D eigenvalue weighted by molar-refractivity contribution is 9.10. The van der Waals surface area contributed by atoms with Crippen LogP contribution < -0.4 is 5.32 Å². The van der Waals surface area contributed by atoms with E-state index in [0.717, 1.165) is 48.7 Å². The summed E-state index contributed by atoms with van der Waals surface area (Å²) in [5.74, 6) is -1.04. The molecular formula is C18H19BrF2N2. The second-order valence-corrected chi connectivity index (χ2v) is 6.58. The van der Waals surface area contributed by atoms with Crippen LogP contribution in [0.5, 0.6) is 0 Å². The maximum atomic E-state index is 14.5. The fourth-order valence-electron chi connectivity index (χ4n) is 3.11. The quantitative estimate of drug-likeness (QED) is 0.861. The number of rotatable bonds is 3. The van der Waals surface area contributed by atoms with Crippen molar-refractivity contribution in [3.63, 3.8) is 0 Å². The maximum absolute atomic E-state index is 14.5. The van der Waals surface area contributed by atoms with Crippen molar-refractivity contribution in [2.75, 3.05) is 26.2 Å². The van der Waals surface area contributed by atoms with E-state index >= 15 is 0 Å². The van der Waals surface area contributed by atoms with Gasteiger partial charge in [0, 0.05) is 35.7 Å². The summed E-state index contributed by atoms with van der Waals surface area (Å²) in [6.45, 7) is 3.52. The molecule has 122 valence electrons. The third-order valence-electron chi connectivity index (χ3n) is 4.20. The van der Waals surface area contributed by atoms with E-state index in [-0.39, 0.29) is 6.04 Å². The summed E-state index contributed by atoms with van der Waals surface area (Å²) in [6.07, 6.45) is 1.00. The number of benzene rings is 2. The molecule has 1 fully saturated rings. The first-order valence-corrected chi connectivity index (χ1v) is 8.60. The molecule has 0 spiro atoms. The van der Waals surface area contributed by atoms with E-state index in [1.54, 1.807) is 6.07 Å². The van der Waals surface area contributed by atoms with Gasteiger partial charge in [-0.05, 0) is 30.7 Å². The largest absolute Gasteiger partial charge is 0.315 e. The first-order valence-electron chi connectivity index (χ1n) is 7.81. The van der Waals surface area contributed by atoms with Gasteiger partial charge in [0.1, 0.15) is 11.6 Å². The Balaban J connectivity index is 2.07. The molecule has 1 N–H and O–H groups in total. The molecule has 5 heteroatoms. The van der Waals surface area contributed by atoms with Gasteiger partial charge in [0.2, 0.25) is 0 Å². The van der Waals surface area contributed by atoms with Crippen LogP contribution in [-0.2, 0) is 0 Å². The molecule has 2 aromatic rings. The average molecular weight is 381 g/mol. The summed E-state index contributed by atoms with van der Waals surface area (Å²) in [4.78, 5) is 2.26. The molecule has 2 aromatic carbocycles. The fourth-order valence-corrected chi connectivity index (χ4v) is 3.61. The Bertz CT molecular complexity index is 670. The van der Waals surface area contributed by atoms with Crippen molar-refractivity contribution in [2.45, 2.75) is 12.5 Å². The molecule has 23 heavy (non-hydrogen) atoms. The molecule has 1 atom stereocenters. The van der Waals surface area contributed by atoms with E-state index in [1.165, 1.54) is 6.07 Å². The molecule has 0 aromatic heterocycles. The summed E-state index contributed by atoms with van der Waals surface area (Å²) in [7, 11) is 0. The lowest BCUT2D eigenvalue weighted by atomic mass is 9.96. The van der Waals surface area contributed by atoms with Gasteiger partial charge in [-0.1, -0.05) is 40.2 Å². The van der Waals surface area contributed by atoms with Crippen LogP contribution in [0.2, 0.25) is 0 Å². The molecule has 0 saturated carbocycles. The number of halogens is 3. The van der Waals surface area contributed by atoms with Gasteiger partial charge in [0.25, 0.3) is 0 Å². The van der Waals surface area contributed by atoms with Gasteiger partial charge in [0.15, 0.2) is 0 Å². The fraction of sp³-hybridized carbons (Fsp3) is 0.333. The van der Waals surface area contributed by atoms with Crippen LogP contribution in [0.1, 0.15) is 23.6 Å². The molecule has 1 saturated heterocycles. The van der Waals surface area contributed by atoms with Crippen molar-refractivity contribution < 1.29 is 8.78 Å². The first-order chi connectivity index (χ1) is 11.2. The Kier molecular flexibility index (Phi) is 5.41. The molecule has 0 bridgehead atoms. The number of nitrogens with one attached hydrogen (secondary N) is 1. The number of hydrogen-bond acceptors (Lipinski definition) is 2. The van der Waals surface area contributed by atoms with E-state index in [2.05, 4.69) is 26.1 Å². The molecule has 0 aliphatic carbocycles. The van der Waals surface area contributed by atoms with Crippen molar-refractivity contribution in [3.05, 3.63) is 69.7 Å².